The Morgan fingerprint density at radius 1 is 0.250 bits per heavy atom. The highest BCUT2D eigenvalue weighted by molar-refractivity contribution is 7.26. The van der Waals surface area contributed by atoms with Gasteiger partial charge in [-0.05, 0) is 132 Å². The number of thiophene rings is 2. The molecule has 3 heteroatoms. The number of fused-ring (bicyclic) bond motifs is 9. The van der Waals surface area contributed by atoms with Crippen LogP contribution in [0.15, 0.2) is 285 Å². The third kappa shape index (κ3) is 7.12. The maximum atomic E-state index is 2.43. The van der Waals surface area contributed by atoms with Crippen molar-refractivity contribution in [3.8, 4) is 55.6 Å². The summed E-state index contributed by atoms with van der Waals surface area (Å²) < 4.78 is 5.31. The van der Waals surface area contributed by atoms with E-state index in [1.54, 1.807) is 0 Å². The van der Waals surface area contributed by atoms with Gasteiger partial charge in [-0.1, -0.05) is 231 Å². The quantitative estimate of drug-likeness (QED) is 0.139. The third-order valence-corrected chi connectivity index (χ3v) is 18.2. The van der Waals surface area contributed by atoms with Gasteiger partial charge in [-0.2, -0.15) is 0 Å². The lowest BCUT2D eigenvalue weighted by molar-refractivity contribution is 0.768. The SMILES string of the molecule is c1ccc(C2(c3ccccc3)c3ccccc3-c3cc(N(c4ccc(-c5ccc(-c6cccc7c6sc6ccccc67)cc5)cc4)c4ccc(-c5cccc(-c6cccc7c6sc6ccccc67)c5)cc4)ccc32)cc1. The van der Waals surface area contributed by atoms with E-state index in [1.165, 1.54) is 118 Å². The van der Waals surface area contributed by atoms with Crippen LogP contribution in [-0.2, 0) is 5.41 Å². The Hall–Kier alpha value is -9.12. The van der Waals surface area contributed by atoms with Crippen LogP contribution < -0.4 is 4.90 Å². The summed E-state index contributed by atoms with van der Waals surface area (Å²) in [5.74, 6) is 0. The molecule has 0 spiro atoms. The number of benzene rings is 12. The first-order valence-corrected chi connectivity index (χ1v) is 27.7. The molecular formula is C73H47NS2. The molecule has 14 aromatic rings. The van der Waals surface area contributed by atoms with Gasteiger partial charge in [0.05, 0.1) is 5.41 Å². The van der Waals surface area contributed by atoms with Crippen LogP contribution in [0.5, 0.6) is 0 Å². The molecule has 0 saturated carbocycles. The number of rotatable bonds is 9. The summed E-state index contributed by atoms with van der Waals surface area (Å²) in [4.78, 5) is 2.43. The lowest BCUT2D eigenvalue weighted by atomic mass is 9.68. The zero-order valence-corrected chi connectivity index (χ0v) is 43.0. The summed E-state index contributed by atoms with van der Waals surface area (Å²) in [7, 11) is 0. The molecule has 1 aliphatic rings. The van der Waals surface area contributed by atoms with Crippen molar-refractivity contribution >= 4 is 80.1 Å². The molecule has 0 fully saturated rings. The fourth-order valence-corrected chi connectivity index (χ4v) is 14.8. The van der Waals surface area contributed by atoms with Crippen LogP contribution >= 0.6 is 22.7 Å². The van der Waals surface area contributed by atoms with Gasteiger partial charge in [0.2, 0.25) is 0 Å². The Kier molecular flexibility index (Phi) is 10.6. The van der Waals surface area contributed by atoms with E-state index < -0.39 is 5.41 Å². The Bertz CT molecular complexity index is 4450. The molecule has 356 valence electrons. The van der Waals surface area contributed by atoms with Crippen LogP contribution in [0.1, 0.15) is 22.3 Å². The minimum absolute atomic E-state index is 0.474. The van der Waals surface area contributed by atoms with E-state index in [-0.39, 0.29) is 0 Å². The minimum Gasteiger partial charge on any atom is -0.310 e. The summed E-state index contributed by atoms with van der Waals surface area (Å²) in [6.07, 6.45) is 0. The van der Waals surface area contributed by atoms with Crippen molar-refractivity contribution in [1.82, 2.24) is 0 Å². The van der Waals surface area contributed by atoms with E-state index in [0.717, 1.165) is 17.1 Å². The topological polar surface area (TPSA) is 3.24 Å². The number of hydrogen-bond acceptors (Lipinski definition) is 3. The fraction of sp³-hybridized carbons (Fsp3) is 0.0137. The van der Waals surface area contributed by atoms with E-state index in [2.05, 4.69) is 290 Å². The standard InChI is InChI=1S/C73H47NS2/c1-3-18-54(19-4-1)73(55-20-5-2-6-21-55)67-29-10-7-22-61(67)66-47-58(44-45-68(66)73)74(56-40-36-49(37-41-56)48-32-34-51(35-33-48)59-25-14-27-64-62-23-8-11-30-69(62)75-71(59)64)57-42-38-50(39-43-57)52-16-13-17-53(46-52)60-26-15-28-65-63-24-9-12-31-70(63)76-72(60)65/h1-47H. The highest BCUT2D eigenvalue weighted by Crippen LogP contribution is 2.57. The molecule has 2 heterocycles. The maximum Gasteiger partial charge on any atom is 0.0713 e. The molecule has 12 aromatic carbocycles. The molecule has 0 aliphatic heterocycles. The summed E-state index contributed by atoms with van der Waals surface area (Å²) in [6.45, 7) is 0. The smallest absolute Gasteiger partial charge is 0.0713 e. The summed E-state index contributed by atoms with van der Waals surface area (Å²) in [5, 5.41) is 5.28. The van der Waals surface area contributed by atoms with Crippen molar-refractivity contribution in [3.63, 3.8) is 0 Å². The lowest BCUT2D eigenvalue weighted by Crippen LogP contribution is -2.28. The monoisotopic (exact) mass is 1000 g/mol. The predicted molar refractivity (Wildman–Crippen MR) is 326 cm³/mol. The van der Waals surface area contributed by atoms with E-state index in [0.29, 0.717) is 0 Å². The first-order chi connectivity index (χ1) is 37.7. The number of anilines is 3. The molecule has 1 aliphatic carbocycles. The van der Waals surface area contributed by atoms with Gasteiger partial charge in [-0.15, -0.1) is 22.7 Å². The van der Waals surface area contributed by atoms with E-state index in [9.17, 15) is 0 Å². The minimum atomic E-state index is -0.474. The van der Waals surface area contributed by atoms with Crippen LogP contribution in [-0.4, -0.2) is 0 Å². The van der Waals surface area contributed by atoms with Crippen LogP contribution in [0.2, 0.25) is 0 Å². The molecule has 0 N–H and O–H groups in total. The van der Waals surface area contributed by atoms with Gasteiger partial charge in [0.25, 0.3) is 0 Å². The van der Waals surface area contributed by atoms with E-state index in [1.807, 2.05) is 22.7 Å². The molecule has 0 unspecified atom stereocenters. The molecule has 0 bridgehead atoms. The summed E-state index contributed by atoms with van der Waals surface area (Å²) >= 11 is 3.76. The third-order valence-electron chi connectivity index (χ3n) is 15.8. The molecule has 0 amide bonds. The second-order valence-corrected chi connectivity index (χ2v) is 22.0. The van der Waals surface area contributed by atoms with E-state index >= 15 is 0 Å². The van der Waals surface area contributed by atoms with Crippen LogP contribution in [0.4, 0.5) is 17.1 Å². The molecular weight excluding hydrogens is 955 g/mol. The van der Waals surface area contributed by atoms with Crippen LogP contribution in [0, 0.1) is 0 Å². The Morgan fingerprint density at radius 3 is 1.28 bits per heavy atom. The molecule has 0 atom stereocenters. The Balaban J connectivity index is 0.828. The molecule has 0 saturated heterocycles. The average molecular weight is 1000 g/mol. The van der Waals surface area contributed by atoms with Gasteiger partial charge < -0.3 is 4.90 Å². The van der Waals surface area contributed by atoms with E-state index in [4.69, 9.17) is 0 Å². The first kappa shape index (κ1) is 44.4. The van der Waals surface area contributed by atoms with Crippen molar-refractivity contribution in [2.75, 3.05) is 4.90 Å². The lowest BCUT2D eigenvalue weighted by Gasteiger charge is -2.34. The second-order valence-electron chi connectivity index (χ2n) is 19.9. The van der Waals surface area contributed by atoms with Gasteiger partial charge >= 0.3 is 0 Å². The molecule has 0 radical (unpaired) electrons. The molecule has 15 rings (SSSR count). The number of nitrogens with zero attached hydrogens (tertiary/aromatic N) is 1. The zero-order chi connectivity index (χ0) is 50.2. The summed E-state index contributed by atoms with van der Waals surface area (Å²) in [6, 6.07) is 106. The average Bonchev–Trinajstić information content (AvgIpc) is 4.17. The Labute approximate surface area is 450 Å². The van der Waals surface area contributed by atoms with Gasteiger partial charge in [0.15, 0.2) is 0 Å². The fourth-order valence-electron chi connectivity index (χ4n) is 12.3. The highest BCUT2D eigenvalue weighted by Gasteiger charge is 2.46. The van der Waals surface area contributed by atoms with Crippen molar-refractivity contribution in [1.29, 1.82) is 0 Å². The van der Waals surface area contributed by atoms with Crippen molar-refractivity contribution < 1.29 is 0 Å². The maximum absolute atomic E-state index is 2.43. The predicted octanol–water partition coefficient (Wildman–Crippen LogP) is 20.9. The van der Waals surface area contributed by atoms with Crippen LogP contribution in [0.25, 0.3) is 96.0 Å². The van der Waals surface area contributed by atoms with Gasteiger partial charge in [0, 0.05) is 57.4 Å². The van der Waals surface area contributed by atoms with Gasteiger partial charge in [-0.25, -0.2) is 0 Å². The zero-order valence-electron chi connectivity index (χ0n) is 41.4. The normalized spacial score (nSPS) is 12.6. The van der Waals surface area contributed by atoms with Crippen molar-refractivity contribution in [2.45, 2.75) is 5.41 Å². The highest BCUT2D eigenvalue weighted by atomic mass is 32.1. The second kappa shape index (κ2) is 18.1. The molecule has 2 aromatic heterocycles. The molecule has 1 nitrogen and oxygen atoms in total. The first-order valence-electron chi connectivity index (χ1n) is 26.1. The number of hydrogen-bond donors (Lipinski definition) is 0. The summed E-state index contributed by atoms with van der Waals surface area (Å²) in [5.41, 5.74) is 20.2. The largest absolute Gasteiger partial charge is 0.310 e. The molecule has 76 heavy (non-hydrogen) atoms. The van der Waals surface area contributed by atoms with Gasteiger partial charge in [-0.3, -0.25) is 0 Å². The Morgan fingerprint density at radius 2 is 0.671 bits per heavy atom. The van der Waals surface area contributed by atoms with Crippen molar-refractivity contribution in [3.05, 3.63) is 307 Å². The van der Waals surface area contributed by atoms with Gasteiger partial charge in [0.1, 0.15) is 0 Å². The van der Waals surface area contributed by atoms with Crippen molar-refractivity contribution in [2.24, 2.45) is 0 Å². The van der Waals surface area contributed by atoms with Crippen LogP contribution in [0.3, 0.4) is 0 Å².